The van der Waals surface area contributed by atoms with E-state index in [0.29, 0.717) is 5.56 Å². The Bertz CT molecular complexity index is 610. The summed E-state index contributed by atoms with van der Waals surface area (Å²) in [5.74, 6) is -2.97. The van der Waals surface area contributed by atoms with Gasteiger partial charge in [0.05, 0.1) is 19.3 Å². The molecule has 0 fully saturated rings. The molecule has 2 N–H and O–H groups in total. The molecule has 0 unspecified atom stereocenters. The molecule has 0 bridgehead atoms. The van der Waals surface area contributed by atoms with Crippen molar-refractivity contribution in [3.8, 4) is 5.75 Å². The van der Waals surface area contributed by atoms with Gasteiger partial charge in [0.2, 0.25) is 0 Å². The van der Waals surface area contributed by atoms with Crippen molar-refractivity contribution in [3.63, 3.8) is 0 Å². The summed E-state index contributed by atoms with van der Waals surface area (Å²) in [7, 11) is 1.34. The zero-order valence-electron chi connectivity index (χ0n) is 12.4. The molecule has 0 aromatic heterocycles. The number of hydrogen-bond acceptors (Lipinski definition) is 6. The molecule has 0 aliphatic rings. The Morgan fingerprint density at radius 2 is 1.95 bits per heavy atom. The lowest BCUT2D eigenvalue weighted by Gasteiger charge is -2.09. The minimum absolute atomic E-state index is 0.143. The first-order valence-corrected chi connectivity index (χ1v) is 6.38. The van der Waals surface area contributed by atoms with Crippen molar-refractivity contribution in [1.82, 2.24) is 10.7 Å². The van der Waals surface area contributed by atoms with Gasteiger partial charge in [-0.05, 0) is 37.6 Å². The van der Waals surface area contributed by atoms with Crippen molar-refractivity contribution < 1.29 is 24.2 Å². The Kier molecular flexibility index (Phi) is 6.06. The standard InChI is InChI=1S/C14H17N3O5/c1-8(2)16-12(18)13(19)17-15-7-9-4-5-11(22-3)10(6-9)14(20)21/h4-8H,1-3H3,(H,16,18)(H,17,19)(H,20,21)/p-1/b15-7-. The number of ether oxygens (including phenoxy) is 1. The lowest BCUT2D eigenvalue weighted by molar-refractivity contribution is -0.255. The molecule has 0 saturated heterocycles. The molecule has 1 rings (SSSR count). The Morgan fingerprint density at radius 1 is 1.27 bits per heavy atom. The van der Waals surface area contributed by atoms with Crippen LogP contribution in [0.15, 0.2) is 23.3 Å². The fraction of sp³-hybridized carbons (Fsp3) is 0.286. The van der Waals surface area contributed by atoms with Gasteiger partial charge in [0.1, 0.15) is 5.75 Å². The van der Waals surface area contributed by atoms with Crippen molar-refractivity contribution in [2.45, 2.75) is 19.9 Å². The van der Waals surface area contributed by atoms with Gasteiger partial charge in [-0.1, -0.05) is 0 Å². The van der Waals surface area contributed by atoms with Crippen LogP contribution < -0.4 is 20.6 Å². The number of carbonyl (C=O) groups is 3. The number of carbonyl (C=O) groups excluding carboxylic acids is 3. The summed E-state index contributed by atoms with van der Waals surface area (Å²) in [5.41, 5.74) is 2.29. The summed E-state index contributed by atoms with van der Waals surface area (Å²) < 4.78 is 4.88. The van der Waals surface area contributed by atoms with Gasteiger partial charge in [0.15, 0.2) is 0 Å². The first-order valence-electron chi connectivity index (χ1n) is 6.38. The normalized spacial score (nSPS) is 10.5. The van der Waals surface area contributed by atoms with E-state index in [2.05, 4.69) is 10.4 Å². The van der Waals surface area contributed by atoms with Crippen LogP contribution in [0.4, 0.5) is 0 Å². The van der Waals surface area contributed by atoms with Gasteiger partial charge in [-0.25, -0.2) is 5.43 Å². The molecule has 0 aliphatic carbocycles. The number of amides is 2. The molecule has 0 heterocycles. The van der Waals surface area contributed by atoms with Crippen LogP contribution in [0.2, 0.25) is 0 Å². The minimum atomic E-state index is -1.40. The smallest absolute Gasteiger partial charge is 0.329 e. The molecule has 118 valence electrons. The topological polar surface area (TPSA) is 120 Å². The van der Waals surface area contributed by atoms with Crippen LogP contribution in [-0.2, 0) is 9.59 Å². The van der Waals surface area contributed by atoms with Gasteiger partial charge in [-0.15, -0.1) is 0 Å². The molecule has 0 atom stereocenters. The third kappa shape index (κ3) is 4.89. The second-order valence-corrected chi connectivity index (χ2v) is 4.57. The zero-order valence-corrected chi connectivity index (χ0v) is 12.4. The average Bonchev–Trinajstić information content (AvgIpc) is 2.46. The third-order valence-electron chi connectivity index (χ3n) is 2.45. The summed E-state index contributed by atoms with van der Waals surface area (Å²) in [6.07, 6.45) is 1.20. The predicted octanol–water partition coefficient (Wildman–Crippen LogP) is -0.967. The van der Waals surface area contributed by atoms with Crippen LogP contribution >= 0.6 is 0 Å². The fourth-order valence-electron chi connectivity index (χ4n) is 1.51. The maximum atomic E-state index is 11.4. The van der Waals surface area contributed by atoms with E-state index in [-0.39, 0.29) is 17.4 Å². The second kappa shape index (κ2) is 7.77. The number of aromatic carboxylic acids is 1. The van der Waals surface area contributed by atoms with Gasteiger partial charge in [-0.2, -0.15) is 5.10 Å². The van der Waals surface area contributed by atoms with E-state index in [1.807, 2.05) is 5.43 Å². The highest BCUT2D eigenvalue weighted by atomic mass is 16.5. The molecule has 0 saturated carbocycles. The highest BCUT2D eigenvalue weighted by molar-refractivity contribution is 6.35. The van der Waals surface area contributed by atoms with Crippen LogP contribution in [0.1, 0.15) is 29.8 Å². The number of hydrogen-bond donors (Lipinski definition) is 2. The van der Waals surface area contributed by atoms with Crippen molar-refractivity contribution >= 4 is 24.0 Å². The molecule has 1 aromatic rings. The van der Waals surface area contributed by atoms with E-state index in [1.165, 1.54) is 31.5 Å². The molecule has 22 heavy (non-hydrogen) atoms. The van der Waals surface area contributed by atoms with Gasteiger partial charge in [0.25, 0.3) is 0 Å². The van der Waals surface area contributed by atoms with Crippen LogP contribution in [0, 0.1) is 0 Å². The van der Waals surface area contributed by atoms with Crippen LogP contribution in [0.3, 0.4) is 0 Å². The lowest BCUT2D eigenvalue weighted by atomic mass is 10.1. The molecule has 0 aliphatic heterocycles. The quantitative estimate of drug-likeness (QED) is 0.412. The number of hydrazone groups is 1. The maximum Gasteiger partial charge on any atom is 0.329 e. The van der Waals surface area contributed by atoms with E-state index >= 15 is 0 Å². The number of rotatable bonds is 5. The van der Waals surface area contributed by atoms with Gasteiger partial charge >= 0.3 is 11.8 Å². The zero-order chi connectivity index (χ0) is 16.7. The monoisotopic (exact) mass is 306 g/mol. The molecular formula is C14H16N3O5-. The minimum Gasteiger partial charge on any atom is -0.545 e. The number of carboxylic acids is 1. The Labute approximate surface area is 127 Å². The summed E-state index contributed by atoms with van der Waals surface area (Å²) in [4.78, 5) is 33.7. The molecule has 0 radical (unpaired) electrons. The number of carboxylic acid groups (broad SMARTS) is 1. The van der Waals surface area contributed by atoms with Crippen molar-refractivity contribution in [2.24, 2.45) is 5.10 Å². The van der Waals surface area contributed by atoms with E-state index in [9.17, 15) is 19.5 Å². The highest BCUT2D eigenvalue weighted by Gasteiger charge is 2.13. The molecule has 1 aromatic carbocycles. The average molecular weight is 306 g/mol. The molecular weight excluding hydrogens is 290 g/mol. The number of methoxy groups -OCH3 is 1. The maximum absolute atomic E-state index is 11.4. The van der Waals surface area contributed by atoms with Gasteiger partial charge in [-0.3, -0.25) is 9.59 Å². The second-order valence-electron chi connectivity index (χ2n) is 4.57. The van der Waals surface area contributed by atoms with E-state index in [1.54, 1.807) is 13.8 Å². The Hall–Kier alpha value is -2.90. The molecule has 0 spiro atoms. The van der Waals surface area contributed by atoms with Crippen molar-refractivity contribution in [1.29, 1.82) is 0 Å². The SMILES string of the molecule is COc1ccc(/C=N\NC(=O)C(=O)NC(C)C)cc1C(=O)[O-]. The Morgan fingerprint density at radius 3 is 2.50 bits per heavy atom. The summed E-state index contributed by atoms with van der Waals surface area (Å²) in [6.45, 7) is 3.43. The van der Waals surface area contributed by atoms with Gasteiger partial charge in [0, 0.05) is 11.6 Å². The largest absolute Gasteiger partial charge is 0.545 e. The van der Waals surface area contributed by atoms with Crippen LogP contribution in [-0.4, -0.2) is 37.1 Å². The van der Waals surface area contributed by atoms with Crippen molar-refractivity contribution in [3.05, 3.63) is 29.3 Å². The van der Waals surface area contributed by atoms with E-state index in [4.69, 9.17) is 4.74 Å². The lowest BCUT2D eigenvalue weighted by Crippen LogP contribution is -2.41. The number of benzene rings is 1. The van der Waals surface area contributed by atoms with Crippen LogP contribution in [0.25, 0.3) is 0 Å². The van der Waals surface area contributed by atoms with Crippen molar-refractivity contribution in [2.75, 3.05) is 7.11 Å². The van der Waals surface area contributed by atoms with Gasteiger partial charge < -0.3 is 20.0 Å². The first-order chi connectivity index (χ1) is 10.3. The van der Waals surface area contributed by atoms with E-state index < -0.39 is 17.8 Å². The first kappa shape index (κ1) is 17.2. The van der Waals surface area contributed by atoms with E-state index in [0.717, 1.165) is 0 Å². The number of nitrogens with zero attached hydrogens (tertiary/aromatic N) is 1. The number of nitrogens with one attached hydrogen (secondary N) is 2. The third-order valence-corrected chi connectivity index (χ3v) is 2.45. The Balaban J connectivity index is 2.75. The van der Waals surface area contributed by atoms with Crippen LogP contribution in [0.5, 0.6) is 5.75 Å². The summed E-state index contributed by atoms with van der Waals surface area (Å²) in [6, 6.07) is 4.07. The predicted molar refractivity (Wildman–Crippen MR) is 76.3 cm³/mol. The highest BCUT2D eigenvalue weighted by Crippen LogP contribution is 2.18. The summed E-state index contributed by atoms with van der Waals surface area (Å²) >= 11 is 0. The summed E-state index contributed by atoms with van der Waals surface area (Å²) in [5, 5.41) is 16.9. The molecule has 8 nitrogen and oxygen atoms in total. The molecule has 8 heteroatoms. The fourth-order valence-corrected chi connectivity index (χ4v) is 1.51. The molecule has 2 amide bonds.